The number of hydrogen-bond donors (Lipinski definition) is 0. The fraction of sp³-hybridized carbons (Fsp3) is 0.474. The average molecular weight is 316 g/mol. The summed E-state index contributed by atoms with van der Waals surface area (Å²) in [5, 5.41) is 0. The van der Waals surface area contributed by atoms with E-state index in [0.717, 1.165) is 23.1 Å². The fourth-order valence-corrected chi connectivity index (χ4v) is 3.05. The third kappa shape index (κ3) is 3.46. The van der Waals surface area contributed by atoms with E-state index in [-0.39, 0.29) is 19.2 Å². The molecule has 4 nitrogen and oxygen atoms in total. The lowest BCUT2D eigenvalue weighted by molar-refractivity contribution is -0.147. The van der Waals surface area contributed by atoms with E-state index < -0.39 is 11.9 Å². The molecule has 0 saturated heterocycles. The summed E-state index contributed by atoms with van der Waals surface area (Å²) in [7, 11) is 0. The summed E-state index contributed by atoms with van der Waals surface area (Å²) < 4.78 is 10.4. The molecule has 1 aliphatic carbocycles. The molecule has 0 bridgehead atoms. The summed E-state index contributed by atoms with van der Waals surface area (Å²) in [6.07, 6.45) is 0.723. The van der Waals surface area contributed by atoms with E-state index in [4.69, 9.17) is 9.47 Å². The maximum Gasteiger partial charge on any atom is 0.335 e. The van der Waals surface area contributed by atoms with Gasteiger partial charge in [0.1, 0.15) is 5.92 Å². The Hall–Kier alpha value is -2.10. The van der Waals surface area contributed by atoms with Crippen LogP contribution in [-0.2, 0) is 19.1 Å². The van der Waals surface area contributed by atoms with Crippen molar-refractivity contribution in [1.29, 1.82) is 0 Å². The minimum Gasteiger partial charge on any atom is -0.465 e. The zero-order chi connectivity index (χ0) is 17.0. The molecule has 1 unspecified atom stereocenters. The number of allylic oxidation sites excluding steroid dienone is 1. The van der Waals surface area contributed by atoms with Crippen molar-refractivity contribution in [3.63, 3.8) is 0 Å². The Bertz CT molecular complexity index is 628. The number of fused-ring (bicyclic) bond motifs is 1. The van der Waals surface area contributed by atoms with Gasteiger partial charge in [-0.1, -0.05) is 38.1 Å². The van der Waals surface area contributed by atoms with E-state index in [1.54, 1.807) is 13.8 Å². The molecule has 0 spiro atoms. The molecule has 4 heteroatoms. The number of benzene rings is 1. The first-order chi connectivity index (χ1) is 11.0. The molecule has 1 aromatic rings. The first-order valence-corrected chi connectivity index (χ1v) is 8.17. The topological polar surface area (TPSA) is 52.6 Å². The van der Waals surface area contributed by atoms with E-state index in [2.05, 4.69) is 13.8 Å². The Morgan fingerprint density at radius 3 is 2.35 bits per heavy atom. The van der Waals surface area contributed by atoms with Crippen LogP contribution in [0.1, 0.15) is 51.2 Å². The Morgan fingerprint density at radius 1 is 1.09 bits per heavy atom. The van der Waals surface area contributed by atoms with Crippen molar-refractivity contribution in [1.82, 2.24) is 0 Å². The quantitative estimate of drug-likeness (QED) is 0.751. The van der Waals surface area contributed by atoms with Crippen molar-refractivity contribution in [2.24, 2.45) is 5.92 Å². The molecule has 0 heterocycles. The highest BCUT2D eigenvalue weighted by Crippen LogP contribution is 2.45. The lowest BCUT2D eigenvalue weighted by Gasteiger charge is -2.15. The molecule has 0 radical (unpaired) electrons. The Labute approximate surface area is 137 Å². The maximum atomic E-state index is 12.5. The van der Waals surface area contributed by atoms with E-state index in [9.17, 15) is 9.59 Å². The van der Waals surface area contributed by atoms with Crippen LogP contribution in [-0.4, -0.2) is 25.2 Å². The molecule has 0 aliphatic heterocycles. The zero-order valence-electron chi connectivity index (χ0n) is 14.2. The zero-order valence-corrected chi connectivity index (χ0v) is 14.2. The van der Waals surface area contributed by atoms with E-state index in [1.807, 2.05) is 24.3 Å². The number of carbonyl (C=O) groups is 2. The van der Waals surface area contributed by atoms with Gasteiger partial charge in [-0.3, -0.25) is 4.79 Å². The van der Waals surface area contributed by atoms with Gasteiger partial charge in [-0.2, -0.15) is 0 Å². The number of ether oxygens (including phenoxy) is 2. The molecule has 23 heavy (non-hydrogen) atoms. The molecule has 0 saturated carbocycles. The Kier molecular flexibility index (Phi) is 5.59. The molecule has 0 amide bonds. The largest absolute Gasteiger partial charge is 0.465 e. The van der Waals surface area contributed by atoms with Gasteiger partial charge < -0.3 is 9.47 Å². The molecule has 1 atom stereocenters. The third-order valence-corrected chi connectivity index (χ3v) is 3.84. The van der Waals surface area contributed by atoms with Gasteiger partial charge in [0, 0.05) is 0 Å². The Balaban J connectivity index is 2.58. The van der Waals surface area contributed by atoms with Crippen LogP contribution in [0.2, 0.25) is 0 Å². The second kappa shape index (κ2) is 7.44. The summed E-state index contributed by atoms with van der Waals surface area (Å²) >= 11 is 0. The van der Waals surface area contributed by atoms with Gasteiger partial charge in [0.25, 0.3) is 0 Å². The summed E-state index contributed by atoms with van der Waals surface area (Å²) in [5.74, 6) is -1.12. The van der Waals surface area contributed by atoms with Crippen molar-refractivity contribution < 1.29 is 19.1 Å². The molecule has 0 aromatic heterocycles. The van der Waals surface area contributed by atoms with Crippen LogP contribution in [0.25, 0.3) is 5.57 Å². The first kappa shape index (κ1) is 17.3. The van der Waals surface area contributed by atoms with Crippen LogP contribution in [0.3, 0.4) is 0 Å². The van der Waals surface area contributed by atoms with Gasteiger partial charge in [0.2, 0.25) is 0 Å². The lowest BCUT2D eigenvalue weighted by atomic mass is 9.94. The molecule has 0 N–H and O–H groups in total. The van der Waals surface area contributed by atoms with Crippen LogP contribution in [0, 0.1) is 5.92 Å². The fourth-order valence-electron chi connectivity index (χ4n) is 3.05. The molecule has 1 aliphatic rings. The monoisotopic (exact) mass is 316 g/mol. The number of hydrogen-bond acceptors (Lipinski definition) is 4. The van der Waals surface area contributed by atoms with Crippen molar-refractivity contribution >= 4 is 17.5 Å². The number of rotatable bonds is 6. The predicted molar refractivity (Wildman–Crippen MR) is 88.8 cm³/mol. The average Bonchev–Trinajstić information content (AvgIpc) is 2.82. The number of carbonyl (C=O) groups excluding carboxylic acids is 2. The van der Waals surface area contributed by atoms with Gasteiger partial charge >= 0.3 is 11.9 Å². The molecule has 124 valence electrons. The smallest absolute Gasteiger partial charge is 0.335 e. The second-order valence-electron chi connectivity index (χ2n) is 5.98. The van der Waals surface area contributed by atoms with Gasteiger partial charge in [-0.25, -0.2) is 4.79 Å². The molecular formula is C19H24O4. The SMILES string of the molecule is CCOC(=O)C1=C(CC(C)C)c2ccccc2C1C(=O)OCC. The van der Waals surface area contributed by atoms with Crippen LogP contribution < -0.4 is 0 Å². The van der Waals surface area contributed by atoms with Crippen LogP contribution in [0.15, 0.2) is 29.8 Å². The maximum absolute atomic E-state index is 12.5. The third-order valence-electron chi connectivity index (χ3n) is 3.84. The van der Waals surface area contributed by atoms with Gasteiger partial charge in [0.05, 0.1) is 18.8 Å². The minimum atomic E-state index is -0.682. The normalized spacial score (nSPS) is 16.5. The summed E-state index contributed by atoms with van der Waals surface area (Å²) in [5.41, 5.74) is 3.15. The van der Waals surface area contributed by atoms with E-state index in [1.165, 1.54) is 0 Å². The summed E-state index contributed by atoms with van der Waals surface area (Å²) in [6.45, 7) is 8.28. The Morgan fingerprint density at radius 2 is 1.74 bits per heavy atom. The van der Waals surface area contributed by atoms with Crippen LogP contribution >= 0.6 is 0 Å². The van der Waals surface area contributed by atoms with Gasteiger partial charge in [-0.05, 0) is 42.9 Å². The van der Waals surface area contributed by atoms with Gasteiger partial charge in [-0.15, -0.1) is 0 Å². The summed E-state index contributed by atoms with van der Waals surface area (Å²) in [6, 6.07) is 7.66. The predicted octanol–water partition coefficient (Wildman–Crippen LogP) is 3.71. The molecule has 0 fully saturated rings. The highest BCUT2D eigenvalue weighted by atomic mass is 16.5. The highest BCUT2D eigenvalue weighted by Gasteiger charge is 2.41. The molecule has 2 rings (SSSR count). The lowest BCUT2D eigenvalue weighted by Crippen LogP contribution is -2.22. The second-order valence-corrected chi connectivity index (χ2v) is 5.98. The van der Waals surface area contributed by atoms with Crippen molar-refractivity contribution in [3.05, 3.63) is 41.0 Å². The van der Waals surface area contributed by atoms with Crippen LogP contribution in [0.5, 0.6) is 0 Å². The minimum absolute atomic E-state index is 0.281. The van der Waals surface area contributed by atoms with Gasteiger partial charge in [0.15, 0.2) is 0 Å². The molecule has 1 aromatic carbocycles. The number of esters is 2. The van der Waals surface area contributed by atoms with E-state index in [0.29, 0.717) is 11.5 Å². The first-order valence-electron chi connectivity index (χ1n) is 8.17. The van der Waals surface area contributed by atoms with Crippen molar-refractivity contribution in [2.75, 3.05) is 13.2 Å². The standard InChI is InChI=1S/C19H24O4/c1-5-22-18(20)16-14-10-8-7-9-13(14)15(11-12(3)4)17(16)19(21)23-6-2/h7-10,12,16H,5-6,11H2,1-4H3. The highest BCUT2D eigenvalue weighted by molar-refractivity contribution is 6.09. The van der Waals surface area contributed by atoms with Crippen molar-refractivity contribution in [3.8, 4) is 0 Å². The van der Waals surface area contributed by atoms with Crippen LogP contribution in [0.4, 0.5) is 0 Å². The van der Waals surface area contributed by atoms with E-state index >= 15 is 0 Å². The van der Waals surface area contributed by atoms with Crippen molar-refractivity contribution in [2.45, 2.75) is 40.0 Å². The summed E-state index contributed by atoms with van der Waals surface area (Å²) in [4.78, 5) is 25.0. The molecular weight excluding hydrogens is 292 g/mol.